The van der Waals surface area contributed by atoms with Crippen LogP contribution in [0.4, 0.5) is 4.79 Å². The second-order valence-electron chi connectivity index (χ2n) is 4.36. The van der Waals surface area contributed by atoms with E-state index in [-0.39, 0.29) is 5.60 Å². The Hall–Kier alpha value is -1.67. The molecule has 3 amide bonds. The maximum atomic E-state index is 11.4. The molecule has 0 aromatic heterocycles. The fourth-order valence-corrected chi connectivity index (χ4v) is 1.70. The summed E-state index contributed by atoms with van der Waals surface area (Å²) in [7, 11) is 1.59. The SMILES string of the molecule is COC1(CNC(=O)NC(=O)COCC(=O)O)CCC1. The molecule has 0 saturated heterocycles. The monoisotopic (exact) mass is 274 g/mol. The second kappa shape index (κ2) is 7.05. The number of imide groups is 1. The normalized spacial score (nSPS) is 16.3. The average molecular weight is 274 g/mol. The van der Waals surface area contributed by atoms with E-state index in [0.29, 0.717) is 6.54 Å². The molecule has 108 valence electrons. The number of hydrogen-bond donors (Lipinski definition) is 3. The van der Waals surface area contributed by atoms with Crippen LogP contribution in [0.15, 0.2) is 0 Å². The number of carboxylic acids is 1. The van der Waals surface area contributed by atoms with Crippen LogP contribution in [-0.4, -0.2) is 55.5 Å². The predicted octanol–water partition coefficient (Wildman–Crippen LogP) is -0.517. The molecule has 0 heterocycles. The van der Waals surface area contributed by atoms with E-state index < -0.39 is 31.1 Å². The van der Waals surface area contributed by atoms with E-state index in [1.54, 1.807) is 7.11 Å². The van der Waals surface area contributed by atoms with Gasteiger partial charge in [-0.3, -0.25) is 10.1 Å². The van der Waals surface area contributed by atoms with Crippen LogP contribution in [0.2, 0.25) is 0 Å². The van der Waals surface area contributed by atoms with Gasteiger partial charge in [0, 0.05) is 13.7 Å². The van der Waals surface area contributed by atoms with Crippen LogP contribution in [-0.2, 0) is 19.1 Å². The number of aliphatic carboxylic acids is 1. The van der Waals surface area contributed by atoms with Crippen LogP contribution in [0.1, 0.15) is 19.3 Å². The molecule has 1 aliphatic rings. The summed E-state index contributed by atoms with van der Waals surface area (Å²) in [6.07, 6.45) is 2.80. The predicted molar refractivity (Wildman–Crippen MR) is 63.6 cm³/mol. The highest BCUT2D eigenvalue weighted by molar-refractivity contribution is 5.94. The molecule has 1 saturated carbocycles. The van der Waals surface area contributed by atoms with Gasteiger partial charge in [-0.15, -0.1) is 0 Å². The summed E-state index contributed by atoms with van der Waals surface area (Å²) >= 11 is 0. The standard InChI is InChI=1S/C11H18N2O6/c1-18-11(3-2-4-11)7-12-10(17)13-8(14)5-19-6-9(15)16/h2-7H2,1H3,(H,15,16)(H2,12,13,14,17). The molecular formula is C11H18N2O6. The Morgan fingerprint density at radius 3 is 2.42 bits per heavy atom. The van der Waals surface area contributed by atoms with E-state index in [0.717, 1.165) is 19.3 Å². The fraction of sp³-hybridized carbons (Fsp3) is 0.727. The minimum Gasteiger partial charge on any atom is -0.480 e. The first-order chi connectivity index (χ1) is 8.97. The van der Waals surface area contributed by atoms with Gasteiger partial charge in [0.15, 0.2) is 0 Å². The summed E-state index contributed by atoms with van der Waals surface area (Å²) < 4.78 is 9.84. The number of carbonyl (C=O) groups excluding carboxylic acids is 2. The topological polar surface area (TPSA) is 114 Å². The van der Waals surface area contributed by atoms with Crippen molar-refractivity contribution in [3.8, 4) is 0 Å². The van der Waals surface area contributed by atoms with Gasteiger partial charge in [0.1, 0.15) is 13.2 Å². The highest BCUT2D eigenvalue weighted by Gasteiger charge is 2.37. The third kappa shape index (κ3) is 5.23. The molecule has 3 N–H and O–H groups in total. The molecule has 1 fully saturated rings. The van der Waals surface area contributed by atoms with E-state index in [2.05, 4.69) is 10.1 Å². The Morgan fingerprint density at radius 1 is 1.26 bits per heavy atom. The largest absolute Gasteiger partial charge is 0.480 e. The van der Waals surface area contributed by atoms with E-state index in [9.17, 15) is 14.4 Å². The first-order valence-electron chi connectivity index (χ1n) is 5.90. The Morgan fingerprint density at radius 2 is 1.95 bits per heavy atom. The van der Waals surface area contributed by atoms with Crippen LogP contribution >= 0.6 is 0 Å². The van der Waals surface area contributed by atoms with Crippen molar-refractivity contribution < 1.29 is 29.0 Å². The molecule has 19 heavy (non-hydrogen) atoms. The van der Waals surface area contributed by atoms with Crippen molar-refractivity contribution in [1.29, 1.82) is 0 Å². The molecule has 1 aliphatic carbocycles. The maximum Gasteiger partial charge on any atom is 0.329 e. The third-order valence-electron chi connectivity index (χ3n) is 2.98. The lowest BCUT2D eigenvalue weighted by atomic mass is 9.80. The van der Waals surface area contributed by atoms with Gasteiger partial charge in [-0.1, -0.05) is 0 Å². The Bertz CT molecular complexity index is 348. The minimum atomic E-state index is -1.18. The van der Waals surface area contributed by atoms with Gasteiger partial charge in [0.25, 0.3) is 5.91 Å². The number of methoxy groups -OCH3 is 1. The van der Waals surface area contributed by atoms with Crippen molar-refractivity contribution in [3.63, 3.8) is 0 Å². The molecule has 0 aromatic rings. The van der Waals surface area contributed by atoms with Gasteiger partial charge in [-0.2, -0.15) is 0 Å². The van der Waals surface area contributed by atoms with Crippen LogP contribution in [0.3, 0.4) is 0 Å². The van der Waals surface area contributed by atoms with Crippen molar-refractivity contribution in [1.82, 2.24) is 10.6 Å². The average Bonchev–Trinajstić information content (AvgIpc) is 2.27. The summed E-state index contributed by atoms with van der Waals surface area (Å²) in [6.45, 7) is -0.727. The van der Waals surface area contributed by atoms with Gasteiger partial charge in [-0.05, 0) is 19.3 Å². The number of rotatable bonds is 7. The molecular weight excluding hydrogens is 256 g/mol. The lowest BCUT2D eigenvalue weighted by molar-refractivity contribution is -0.143. The van der Waals surface area contributed by atoms with E-state index >= 15 is 0 Å². The molecule has 0 radical (unpaired) electrons. The number of urea groups is 1. The van der Waals surface area contributed by atoms with Gasteiger partial charge in [-0.25, -0.2) is 9.59 Å². The molecule has 8 heteroatoms. The summed E-state index contributed by atoms with van der Waals surface area (Å²) in [5, 5.41) is 12.9. The Kier molecular flexibility index (Phi) is 5.71. The quantitative estimate of drug-likeness (QED) is 0.575. The van der Waals surface area contributed by atoms with Crippen LogP contribution < -0.4 is 10.6 Å². The molecule has 0 aliphatic heterocycles. The summed E-state index contributed by atoms with van der Waals surface area (Å²) in [4.78, 5) is 32.7. The minimum absolute atomic E-state index is 0.319. The molecule has 0 atom stereocenters. The maximum absolute atomic E-state index is 11.4. The molecule has 0 spiro atoms. The highest BCUT2D eigenvalue weighted by Crippen LogP contribution is 2.34. The van der Waals surface area contributed by atoms with Gasteiger partial charge >= 0.3 is 12.0 Å². The molecule has 0 unspecified atom stereocenters. The fourth-order valence-electron chi connectivity index (χ4n) is 1.70. The van der Waals surface area contributed by atoms with Crippen molar-refractivity contribution in [2.75, 3.05) is 26.9 Å². The first-order valence-corrected chi connectivity index (χ1v) is 5.90. The van der Waals surface area contributed by atoms with E-state index in [1.807, 2.05) is 5.32 Å². The summed E-state index contributed by atoms with van der Waals surface area (Å²) in [6, 6.07) is -0.646. The number of carbonyl (C=O) groups is 3. The zero-order chi connectivity index (χ0) is 14.3. The van der Waals surface area contributed by atoms with Crippen LogP contribution in [0.25, 0.3) is 0 Å². The second-order valence-corrected chi connectivity index (χ2v) is 4.36. The van der Waals surface area contributed by atoms with Crippen LogP contribution in [0, 0.1) is 0 Å². The number of ether oxygens (including phenoxy) is 2. The van der Waals surface area contributed by atoms with Crippen molar-refractivity contribution in [3.05, 3.63) is 0 Å². The number of carboxylic acid groups (broad SMARTS) is 1. The molecule has 0 bridgehead atoms. The summed E-state index contributed by atoms with van der Waals surface area (Å²) in [5.41, 5.74) is -0.319. The zero-order valence-corrected chi connectivity index (χ0v) is 10.7. The van der Waals surface area contributed by atoms with Crippen molar-refractivity contribution in [2.45, 2.75) is 24.9 Å². The Labute approximate surface area is 110 Å². The number of amides is 3. The smallest absolute Gasteiger partial charge is 0.329 e. The number of hydrogen-bond acceptors (Lipinski definition) is 5. The molecule has 8 nitrogen and oxygen atoms in total. The van der Waals surface area contributed by atoms with Gasteiger partial charge in [0.2, 0.25) is 0 Å². The highest BCUT2D eigenvalue weighted by atomic mass is 16.5. The van der Waals surface area contributed by atoms with Gasteiger partial charge in [0.05, 0.1) is 5.60 Å². The van der Waals surface area contributed by atoms with Gasteiger partial charge < -0.3 is 19.9 Å². The number of nitrogens with one attached hydrogen (secondary N) is 2. The lowest BCUT2D eigenvalue weighted by Crippen LogP contribution is -2.52. The van der Waals surface area contributed by atoms with E-state index in [1.165, 1.54) is 0 Å². The van der Waals surface area contributed by atoms with E-state index in [4.69, 9.17) is 9.84 Å². The third-order valence-corrected chi connectivity index (χ3v) is 2.98. The molecule has 0 aromatic carbocycles. The summed E-state index contributed by atoms with van der Waals surface area (Å²) in [5.74, 6) is -1.87. The zero-order valence-electron chi connectivity index (χ0n) is 10.7. The first kappa shape index (κ1) is 15.4. The lowest BCUT2D eigenvalue weighted by Gasteiger charge is -2.40. The Balaban J connectivity index is 2.16. The van der Waals surface area contributed by atoms with Crippen molar-refractivity contribution >= 4 is 17.9 Å². The molecule has 1 rings (SSSR count). The van der Waals surface area contributed by atoms with Crippen LogP contribution in [0.5, 0.6) is 0 Å². The van der Waals surface area contributed by atoms with Crippen molar-refractivity contribution in [2.24, 2.45) is 0 Å².